The molecule has 0 radical (unpaired) electrons. The Hall–Kier alpha value is -0.880. The maximum Gasteiger partial charge on any atom is 0.502 e. The van der Waals surface area contributed by atoms with Crippen molar-refractivity contribution in [2.24, 2.45) is 10.4 Å². The Bertz CT molecular complexity index is 96.3. The van der Waals surface area contributed by atoms with Gasteiger partial charge in [-0.25, -0.2) is 0 Å². The molecule has 0 aliphatic carbocycles. The number of hydrogen-bond donors (Lipinski definition) is 0. The second-order valence-corrected chi connectivity index (χ2v) is 0.898. The van der Waals surface area contributed by atoms with Crippen LogP contribution in [-0.2, 0) is 9.78 Å². The van der Waals surface area contributed by atoms with Gasteiger partial charge in [0.2, 0.25) is 0 Å². The molecule has 0 aromatic heterocycles. The Balaban J connectivity index is 2.58. The van der Waals surface area contributed by atoms with Crippen molar-refractivity contribution in [2.45, 2.75) is 6.03 Å². The second-order valence-electron chi connectivity index (χ2n) is 0.898. The van der Waals surface area contributed by atoms with Crippen LogP contribution in [0.2, 0.25) is 0 Å². The fourth-order valence-corrected chi connectivity index (χ4v) is 0.115. The van der Waals surface area contributed by atoms with Crippen LogP contribution < -0.4 is 0 Å². The predicted molar refractivity (Wildman–Crippen MR) is 16.5 cm³/mol. The monoisotopic (exact) mass is 104 g/mol. The van der Waals surface area contributed by atoms with E-state index in [9.17, 15) is 9.81 Å². The van der Waals surface area contributed by atoms with Crippen LogP contribution in [-0.4, -0.2) is 6.03 Å². The average Bonchev–Trinajstić information content (AvgIpc) is 2.46. The van der Waals surface area contributed by atoms with E-state index in [0.29, 0.717) is 0 Å². The lowest BCUT2D eigenvalue weighted by atomic mass is 11.0. The van der Waals surface area contributed by atoms with Crippen LogP contribution in [0.3, 0.4) is 0 Å². The Kier molecular flexibility index (Phi) is 0.639. The molecule has 38 valence electrons. The minimum Gasteiger partial charge on any atom is -0.143 e. The zero-order valence-corrected chi connectivity index (χ0v) is 3.03. The largest absolute Gasteiger partial charge is 0.502 e. The van der Waals surface area contributed by atoms with E-state index < -0.39 is 6.03 Å². The molecular weight excluding hydrogens is 104 g/mol. The zero-order chi connectivity index (χ0) is 5.33. The summed E-state index contributed by atoms with van der Waals surface area (Å²) in [5, 5.41) is 4.15. The summed E-state index contributed by atoms with van der Waals surface area (Å²) in [6.07, 6.45) is 0. The number of nitroso groups, excluding NO2 is 2. The molecule has 0 aromatic rings. The molecule has 7 heavy (non-hydrogen) atoms. The van der Waals surface area contributed by atoms with Crippen LogP contribution in [0.25, 0.3) is 0 Å². The quantitative estimate of drug-likeness (QED) is 0.282. The van der Waals surface area contributed by atoms with E-state index in [0.717, 1.165) is 0 Å². The number of rotatable bonds is 2. The SMILES string of the molecule is O=NC1(N=O)OO1. The van der Waals surface area contributed by atoms with Gasteiger partial charge in [-0.15, -0.1) is 19.6 Å². The van der Waals surface area contributed by atoms with E-state index in [2.05, 4.69) is 20.1 Å². The molecule has 6 nitrogen and oxygen atoms in total. The first-order valence-corrected chi connectivity index (χ1v) is 1.39. The van der Waals surface area contributed by atoms with Crippen molar-refractivity contribution in [3.63, 3.8) is 0 Å². The molecule has 0 atom stereocenters. The van der Waals surface area contributed by atoms with Gasteiger partial charge in [0.1, 0.15) is 0 Å². The fraction of sp³-hybridized carbons (Fsp3) is 1.00. The molecule has 0 spiro atoms. The molecule has 6 heteroatoms. The fourth-order valence-electron chi connectivity index (χ4n) is 0.115. The Morgan fingerprint density at radius 2 is 1.57 bits per heavy atom. The maximum absolute atomic E-state index is 9.33. The van der Waals surface area contributed by atoms with E-state index in [4.69, 9.17) is 0 Å². The molecule has 1 aliphatic rings. The summed E-state index contributed by atoms with van der Waals surface area (Å²) in [6, 6.07) is -2.03. The van der Waals surface area contributed by atoms with E-state index in [1.807, 2.05) is 0 Å². The van der Waals surface area contributed by atoms with Crippen molar-refractivity contribution in [2.75, 3.05) is 0 Å². The molecule has 1 aliphatic heterocycles. The molecule has 0 aromatic carbocycles. The van der Waals surface area contributed by atoms with E-state index in [1.165, 1.54) is 0 Å². The van der Waals surface area contributed by atoms with Gasteiger partial charge in [-0.05, 0) is 0 Å². The van der Waals surface area contributed by atoms with Gasteiger partial charge in [0.15, 0.2) is 0 Å². The highest BCUT2D eigenvalue weighted by atomic mass is 17.4. The Morgan fingerprint density at radius 3 is 1.57 bits per heavy atom. The maximum atomic E-state index is 9.33. The number of hydrogen-bond acceptors (Lipinski definition) is 6. The van der Waals surface area contributed by atoms with Gasteiger partial charge < -0.3 is 0 Å². The van der Waals surface area contributed by atoms with E-state index >= 15 is 0 Å². The molecule has 1 fully saturated rings. The molecule has 0 N–H and O–H groups in total. The summed E-state index contributed by atoms with van der Waals surface area (Å²) in [4.78, 5) is 26.1. The third kappa shape index (κ3) is 0.487. The smallest absolute Gasteiger partial charge is 0.143 e. The highest BCUT2D eigenvalue weighted by Gasteiger charge is 2.55. The van der Waals surface area contributed by atoms with Gasteiger partial charge in [0.05, 0.1) is 0 Å². The second kappa shape index (κ2) is 1.04. The summed E-state index contributed by atoms with van der Waals surface area (Å²) < 4.78 is 0. The van der Waals surface area contributed by atoms with E-state index in [1.54, 1.807) is 0 Å². The highest BCUT2D eigenvalue weighted by molar-refractivity contribution is 4.63. The first kappa shape index (κ1) is 4.28. The third-order valence-corrected chi connectivity index (χ3v) is 0.463. The van der Waals surface area contributed by atoms with Crippen LogP contribution in [0.15, 0.2) is 10.4 Å². The molecular formula is CN2O4. The van der Waals surface area contributed by atoms with Crippen molar-refractivity contribution in [1.82, 2.24) is 0 Å². The van der Waals surface area contributed by atoms with Gasteiger partial charge >= 0.3 is 6.03 Å². The normalized spacial score (nSPS) is 23.4. The number of nitrogens with zero attached hydrogens (tertiary/aromatic N) is 2. The first-order chi connectivity index (χ1) is 3.33. The van der Waals surface area contributed by atoms with Gasteiger partial charge in [-0.3, -0.25) is 0 Å². The summed E-state index contributed by atoms with van der Waals surface area (Å²) in [7, 11) is 0. The van der Waals surface area contributed by atoms with Gasteiger partial charge in [-0.2, -0.15) is 0 Å². The average molecular weight is 104 g/mol. The molecule has 1 saturated heterocycles. The molecule has 1 rings (SSSR count). The first-order valence-electron chi connectivity index (χ1n) is 1.39. The summed E-state index contributed by atoms with van der Waals surface area (Å²) >= 11 is 0. The molecule has 0 unspecified atom stereocenters. The van der Waals surface area contributed by atoms with Gasteiger partial charge in [-0.1, -0.05) is 0 Å². The van der Waals surface area contributed by atoms with Crippen LogP contribution >= 0.6 is 0 Å². The van der Waals surface area contributed by atoms with Crippen LogP contribution in [0.1, 0.15) is 0 Å². The lowest BCUT2D eigenvalue weighted by Crippen LogP contribution is -1.96. The van der Waals surface area contributed by atoms with Crippen molar-refractivity contribution >= 4 is 0 Å². The van der Waals surface area contributed by atoms with Crippen molar-refractivity contribution in [3.8, 4) is 0 Å². The highest BCUT2D eigenvalue weighted by Crippen LogP contribution is 2.31. The Labute approximate surface area is 37.3 Å². The van der Waals surface area contributed by atoms with Crippen molar-refractivity contribution in [1.29, 1.82) is 0 Å². The third-order valence-electron chi connectivity index (χ3n) is 0.463. The Morgan fingerprint density at radius 1 is 1.14 bits per heavy atom. The minimum atomic E-state index is -2.03. The van der Waals surface area contributed by atoms with Crippen LogP contribution in [0.5, 0.6) is 0 Å². The van der Waals surface area contributed by atoms with Crippen LogP contribution in [0, 0.1) is 9.81 Å². The van der Waals surface area contributed by atoms with Gasteiger partial charge in [0.25, 0.3) is 0 Å². The standard InChI is InChI=1S/CN2O4/c4-2-1(3-5)6-7-1. The minimum absolute atomic E-state index is 2.03. The molecule has 1 heterocycles. The molecule has 0 bridgehead atoms. The lowest BCUT2D eigenvalue weighted by Gasteiger charge is -1.70. The zero-order valence-electron chi connectivity index (χ0n) is 3.03. The predicted octanol–water partition coefficient (Wildman–Crippen LogP) is 0.0923. The molecule has 0 amide bonds. The molecule has 0 saturated carbocycles. The summed E-state index contributed by atoms with van der Waals surface area (Å²) in [6.45, 7) is 0. The lowest BCUT2D eigenvalue weighted by molar-refractivity contribution is 0.0850. The van der Waals surface area contributed by atoms with Gasteiger partial charge in [0, 0.05) is 10.4 Å². The van der Waals surface area contributed by atoms with Crippen LogP contribution in [0.4, 0.5) is 0 Å². The van der Waals surface area contributed by atoms with Crippen molar-refractivity contribution in [3.05, 3.63) is 9.81 Å². The van der Waals surface area contributed by atoms with E-state index in [-0.39, 0.29) is 0 Å². The summed E-state index contributed by atoms with van der Waals surface area (Å²) in [5.74, 6) is 0. The van der Waals surface area contributed by atoms with Crippen molar-refractivity contribution < 1.29 is 9.78 Å². The topological polar surface area (TPSA) is 83.9 Å². The summed E-state index contributed by atoms with van der Waals surface area (Å²) in [5.41, 5.74) is 0.